The van der Waals surface area contributed by atoms with Gasteiger partial charge in [0.15, 0.2) is 5.96 Å². The summed E-state index contributed by atoms with van der Waals surface area (Å²) in [7, 11) is 1.77. The lowest BCUT2D eigenvalue weighted by molar-refractivity contribution is 0.0957. The molecule has 27 heavy (non-hydrogen) atoms. The predicted octanol–water partition coefficient (Wildman–Crippen LogP) is 3.76. The fourth-order valence-corrected chi connectivity index (χ4v) is 3.12. The molecular formula is C20H29IN4OS. The Kier molecular flexibility index (Phi) is 11.0. The highest BCUT2D eigenvalue weighted by molar-refractivity contribution is 14.0. The smallest absolute Gasteiger partial charge is 0.261 e. The van der Waals surface area contributed by atoms with Crippen LogP contribution in [0.3, 0.4) is 0 Å². The van der Waals surface area contributed by atoms with Crippen LogP contribution in [0.2, 0.25) is 0 Å². The van der Waals surface area contributed by atoms with E-state index in [9.17, 15) is 4.79 Å². The van der Waals surface area contributed by atoms with Gasteiger partial charge >= 0.3 is 0 Å². The van der Waals surface area contributed by atoms with Crippen molar-refractivity contribution in [2.24, 2.45) is 4.99 Å². The second-order valence-electron chi connectivity index (χ2n) is 6.28. The third-order valence-electron chi connectivity index (χ3n) is 4.12. The van der Waals surface area contributed by atoms with Crippen LogP contribution in [0.4, 0.5) is 0 Å². The number of hydrogen-bond acceptors (Lipinski definition) is 3. The molecule has 0 aliphatic heterocycles. The fourth-order valence-electron chi connectivity index (χ4n) is 2.48. The highest BCUT2D eigenvalue weighted by atomic mass is 127. The molecule has 1 heterocycles. The normalized spacial score (nSPS) is 12.0. The van der Waals surface area contributed by atoms with E-state index >= 15 is 0 Å². The molecule has 7 heteroatoms. The summed E-state index contributed by atoms with van der Waals surface area (Å²) < 4.78 is 0. The van der Waals surface area contributed by atoms with E-state index in [-0.39, 0.29) is 29.9 Å². The van der Waals surface area contributed by atoms with Crippen LogP contribution in [0.15, 0.2) is 46.8 Å². The Morgan fingerprint density at radius 1 is 1.11 bits per heavy atom. The molecule has 2 aromatic rings. The van der Waals surface area contributed by atoms with Crippen molar-refractivity contribution in [3.05, 3.63) is 57.8 Å². The van der Waals surface area contributed by atoms with Crippen molar-refractivity contribution in [2.75, 3.05) is 26.7 Å². The van der Waals surface area contributed by atoms with E-state index in [4.69, 9.17) is 0 Å². The zero-order valence-electron chi connectivity index (χ0n) is 16.1. The van der Waals surface area contributed by atoms with Gasteiger partial charge in [-0.25, -0.2) is 0 Å². The van der Waals surface area contributed by atoms with Gasteiger partial charge in [-0.3, -0.25) is 9.79 Å². The van der Waals surface area contributed by atoms with E-state index in [0.29, 0.717) is 12.5 Å². The SMILES string of the molecule is CN=C(NCCCNC(=O)c1cccs1)NCC(C)c1ccc(C)cc1.I. The van der Waals surface area contributed by atoms with Gasteiger partial charge < -0.3 is 16.0 Å². The number of benzene rings is 1. The van der Waals surface area contributed by atoms with Crippen molar-refractivity contribution in [3.63, 3.8) is 0 Å². The van der Waals surface area contributed by atoms with E-state index in [2.05, 4.69) is 59.1 Å². The van der Waals surface area contributed by atoms with Gasteiger partial charge in [-0.05, 0) is 36.3 Å². The summed E-state index contributed by atoms with van der Waals surface area (Å²) in [5.74, 6) is 1.18. The number of thiophene rings is 1. The largest absolute Gasteiger partial charge is 0.356 e. The lowest BCUT2D eigenvalue weighted by Gasteiger charge is -2.16. The molecule has 0 radical (unpaired) electrons. The minimum atomic E-state index is -0.00516. The lowest BCUT2D eigenvalue weighted by Crippen LogP contribution is -2.40. The third-order valence-corrected chi connectivity index (χ3v) is 4.99. The van der Waals surface area contributed by atoms with Gasteiger partial charge in [-0.15, -0.1) is 35.3 Å². The second-order valence-corrected chi connectivity index (χ2v) is 7.23. The Bertz CT molecular complexity index is 701. The van der Waals surface area contributed by atoms with Crippen LogP contribution in [-0.2, 0) is 0 Å². The summed E-state index contributed by atoms with van der Waals surface area (Å²) >= 11 is 1.45. The first kappa shape index (κ1) is 23.4. The fraction of sp³-hybridized carbons (Fsp3) is 0.400. The minimum Gasteiger partial charge on any atom is -0.356 e. The van der Waals surface area contributed by atoms with Crippen LogP contribution in [0.1, 0.15) is 40.1 Å². The van der Waals surface area contributed by atoms with E-state index in [1.807, 2.05) is 17.5 Å². The Morgan fingerprint density at radius 3 is 2.44 bits per heavy atom. The number of carbonyl (C=O) groups is 1. The summed E-state index contributed by atoms with van der Waals surface area (Å²) in [6.07, 6.45) is 0.839. The first-order valence-corrected chi connectivity index (χ1v) is 9.81. The molecule has 1 unspecified atom stereocenters. The maximum Gasteiger partial charge on any atom is 0.261 e. The molecule has 1 aromatic heterocycles. The standard InChI is InChI=1S/C20H28N4OS.HI/c1-15-7-9-17(10-8-15)16(2)14-24-20(21-3)23-12-5-11-22-19(25)18-6-4-13-26-18;/h4,6-10,13,16H,5,11-12,14H2,1-3H3,(H,22,25)(H2,21,23,24);1H. The Hall–Kier alpha value is -1.61. The summed E-state index contributed by atoms with van der Waals surface area (Å²) in [6.45, 7) is 6.51. The average Bonchev–Trinajstić information content (AvgIpc) is 3.19. The van der Waals surface area contributed by atoms with Crippen LogP contribution < -0.4 is 16.0 Å². The molecule has 148 valence electrons. The van der Waals surface area contributed by atoms with Crippen LogP contribution in [0.5, 0.6) is 0 Å². The highest BCUT2D eigenvalue weighted by Gasteiger charge is 2.07. The highest BCUT2D eigenvalue weighted by Crippen LogP contribution is 2.14. The summed E-state index contributed by atoms with van der Waals surface area (Å²) in [4.78, 5) is 16.8. The number of hydrogen-bond donors (Lipinski definition) is 3. The van der Waals surface area contributed by atoms with Crippen LogP contribution in [0, 0.1) is 6.92 Å². The molecule has 0 saturated carbocycles. The molecule has 1 amide bonds. The summed E-state index contributed by atoms with van der Waals surface area (Å²) in [5.41, 5.74) is 2.59. The Labute approximate surface area is 183 Å². The molecule has 1 atom stereocenters. The van der Waals surface area contributed by atoms with Gasteiger partial charge in [0, 0.05) is 26.7 Å². The minimum absolute atomic E-state index is 0. The van der Waals surface area contributed by atoms with Crippen molar-refractivity contribution < 1.29 is 4.79 Å². The number of guanidine groups is 1. The first-order chi connectivity index (χ1) is 12.6. The van der Waals surface area contributed by atoms with Crippen LogP contribution in [0.25, 0.3) is 0 Å². The molecule has 0 aliphatic rings. The molecule has 1 aromatic carbocycles. The van der Waals surface area contributed by atoms with Crippen molar-refractivity contribution >= 4 is 47.2 Å². The topological polar surface area (TPSA) is 65.5 Å². The third kappa shape index (κ3) is 8.30. The second kappa shape index (κ2) is 12.7. The number of amides is 1. The first-order valence-electron chi connectivity index (χ1n) is 8.93. The van der Waals surface area contributed by atoms with E-state index < -0.39 is 0 Å². The van der Waals surface area contributed by atoms with Gasteiger partial charge in [0.25, 0.3) is 5.91 Å². The van der Waals surface area contributed by atoms with Gasteiger partial charge in [0.05, 0.1) is 4.88 Å². The van der Waals surface area contributed by atoms with Gasteiger partial charge in [0.1, 0.15) is 0 Å². The zero-order chi connectivity index (χ0) is 18.8. The lowest BCUT2D eigenvalue weighted by atomic mass is 10.0. The Balaban J connectivity index is 0.00000364. The quantitative estimate of drug-likeness (QED) is 0.224. The zero-order valence-corrected chi connectivity index (χ0v) is 19.3. The van der Waals surface area contributed by atoms with E-state index in [0.717, 1.165) is 30.3 Å². The van der Waals surface area contributed by atoms with Crippen molar-refractivity contribution in [1.82, 2.24) is 16.0 Å². The summed E-state index contributed by atoms with van der Waals surface area (Å²) in [6, 6.07) is 12.3. The molecule has 0 fully saturated rings. The molecule has 3 N–H and O–H groups in total. The number of aliphatic imine (C=N–C) groups is 1. The molecule has 0 saturated heterocycles. The van der Waals surface area contributed by atoms with Gasteiger partial charge in [-0.1, -0.05) is 42.8 Å². The average molecular weight is 500 g/mol. The van der Waals surface area contributed by atoms with Gasteiger partial charge in [-0.2, -0.15) is 0 Å². The van der Waals surface area contributed by atoms with Crippen LogP contribution in [-0.4, -0.2) is 38.5 Å². The monoisotopic (exact) mass is 500 g/mol. The maximum absolute atomic E-state index is 11.8. The summed E-state index contributed by atoms with van der Waals surface area (Å²) in [5, 5.41) is 11.5. The van der Waals surface area contributed by atoms with E-state index in [1.54, 1.807) is 7.05 Å². The number of halogens is 1. The molecule has 0 spiro atoms. The van der Waals surface area contributed by atoms with Crippen molar-refractivity contribution in [3.8, 4) is 0 Å². The molecule has 0 bridgehead atoms. The predicted molar refractivity (Wildman–Crippen MR) is 126 cm³/mol. The Morgan fingerprint density at radius 2 is 1.81 bits per heavy atom. The number of nitrogens with zero attached hydrogens (tertiary/aromatic N) is 1. The number of aryl methyl sites for hydroxylation is 1. The van der Waals surface area contributed by atoms with Crippen LogP contribution >= 0.6 is 35.3 Å². The molecule has 0 aliphatic carbocycles. The molecule has 5 nitrogen and oxygen atoms in total. The molecular weight excluding hydrogens is 471 g/mol. The molecule has 2 rings (SSSR count). The number of rotatable bonds is 8. The maximum atomic E-state index is 11.8. The van der Waals surface area contributed by atoms with Gasteiger partial charge in [0.2, 0.25) is 0 Å². The van der Waals surface area contributed by atoms with Crippen molar-refractivity contribution in [2.45, 2.75) is 26.2 Å². The number of nitrogens with one attached hydrogen (secondary N) is 3. The van der Waals surface area contributed by atoms with E-state index in [1.165, 1.54) is 22.5 Å². The van der Waals surface area contributed by atoms with Crippen molar-refractivity contribution in [1.29, 1.82) is 0 Å². The number of carbonyl (C=O) groups excluding carboxylic acids is 1.